The molecule has 2 aromatic rings. The van der Waals surface area contributed by atoms with Crippen LogP contribution in [0.25, 0.3) is 0 Å². The van der Waals surface area contributed by atoms with Gasteiger partial charge in [0.1, 0.15) is 10.8 Å². The molecule has 1 saturated heterocycles. The van der Waals surface area contributed by atoms with E-state index >= 15 is 0 Å². The third-order valence-corrected chi connectivity index (χ3v) is 6.54. The molecule has 0 saturated carbocycles. The van der Waals surface area contributed by atoms with Gasteiger partial charge in [-0.05, 0) is 24.1 Å². The molecule has 8 heteroatoms. The number of unbranched alkanes of at least 4 members (excludes halogenated alkanes) is 1. The molecule has 0 spiro atoms. The molecule has 7 nitrogen and oxygen atoms in total. The van der Waals surface area contributed by atoms with E-state index in [-0.39, 0.29) is 29.7 Å². The molecule has 162 valence electrons. The van der Waals surface area contributed by atoms with Gasteiger partial charge in [0.25, 0.3) is 0 Å². The zero-order valence-electron chi connectivity index (χ0n) is 18.3. The Labute approximate surface area is 181 Å². The number of likely N-dealkylation sites (tertiary alicyclic amines) is 1. The second-order valence-electron chi connectivity index (χ2n) is 8.62. The maximum Gasteiger partial charge on any atom is 0.232 e. The van der Waals surface area contributed by atoms with Gasteiger partial charge in [0, 0.05) is 18.4 Å². The number of aromatic nitrogens is 2. The average Bonchev–Trinajstić information content (AvgIpc) is 3.31. The molecule has 1 fully saturated rings. The van der Waals surface area contributed by atoms with Gasteiger partial charge < -0.3 is 15.0 Å². The van der Waals surface area contributed by atoms with E-state index in [1.165, 1.54) is 11.3 Å². The minimum absolute atomic E-state index is 0.0112. The Morgan fingerprint density at radius 3 is 2.53 bits per heavy atom. The van der Waals surface area contributed by atoms with Crippen LogP contribution in [0.1, 0.15) is 63.6 Å². The Hall–Kier alpha value is -2.48. The maximum atomic E-state index is 13.2. The van der Waals surface area contributed by atoms with E-state index in [2.05, 4.69) is 43.2 Å². The number of anilines is 1. The quantitative estimate of drug-likeness (QED) is 0.713. The number of nitrogens with zero attached hydrogens (tertiary/aromatic N) is 3. The van der Waals surface area contributed by atoms with Crippen LogP contribution in [0.15, 0.2) is 24.3 Å². The molecule has 1 aliphatic heterocycles. The van der Waals surface area contributed by atoms with Crippen molar-refractivity contribution in [3.05, 3.63) is 34.8 Å². The zero-order chi connectivity index (χ0) is 21.9. The van der Waals surface area contributed by atoms with Gasteiger partial charge in [-0.1, -0.05) is 57.6 Å². The van der Waals surface area contributed by atoms with Crippen LogP contribution in [-0.4, -0.2) is 40.6 Å². The lowest BCUT2D eigenvalue weighted by Gasteiger charge is -2.28. The molecular formula is C22H30N4O3S. The van der Waals surface area contributed by atoms with Gasteiger partial charge >= 0.3 is 0 Å². The number of hydrogen-bond acceptors (Lipinski definition) is 6. The number of methoxy groups -OCH3 is 1. The second-order valence-corrected chi connectivity index (χ2v) is 9.60. The first kappa shape index (κ1) is 22.2. The number of carbonyl (C=O) groups excluding carboxylic acids is 2. The summed E-state index contributed by atoms with van der Waals surface area (Å²) >= 11 is 1.38. The molecule has 1 aromatic carbocycles. The fourth-order valence-corrected chi connectivity index (χ4v) is 4.41. The molecule has 0 radical (unpaired) electrons. The number of ether oxygens (including phenoxy) is 1. The standard InChI is InChI=1S/C22H30N4O3S/c1-6-7-12-26-17(27)13-16(18(26)14-8-10-15(29-5)11-9-14)19(28)23-21-25-24-20(30-21)22(2,3)4/h8-11,16,18H,6-7,12-13H2,1-5H3,(H,23,25,28). The van der Waals surface area contributed by atoms with E-state index in [1.54, 1.807) is 7.11 Å². The molecule has 2 unspecified atom stereocenters. The number of nitrogens with one attached hydrogen (secondary N) is 1. The van der Waals surface area contributed by atoms with Crippen molar-refractivity contribution in [1.29, 1.82) is 0 Å². The van der Waals surface area contributed by atoms with Crippen LogP contribution in [0.3, 0.4) is 0 Å². The second kappa shape index (κ2) is 9.12. The number of hydrogen-bond donors (Lipinski definition) is 1. The lowest BCUT2D eigenvalue weighted by Crippen LogP contribution is -2.33. The lowest BCUT2D eigenvalue weighted by atomic mass is 9.92. The predicted octanol–water partition coefficient (Wildman–Crippen LogP) is 4.17. The minimum atomic E-state index is -0.482. The number of carbonyl (C=O) groups is 2. The Morgan fingerprint density at radius 1 is 1.27 bits per heavy atom. The van der Waals surface area contributed by atoms with Gasteiger partial charge in [0.05, 0.1) is 19.1 Å². The van der Waals surface area contributed by atoms with E-state index in [0.29, 0.717) is 11.7 Å². The van der Waals surface area contributed by atoms with E-state index in [1.807, 2.05) is 29.2 Å². The van der Waals surface area contributed by atoms with Gasteiger partial charge in [-0.15, -0.1) is 10.2 Å². The molecule has 3 rings (SSSR count). The molecule has 1 N–H and O–H groups in total. The fraction of sp³-hybridized carbons (Fsp3) is 0.545. The summed E-state index contributed by atoms with van der Waals surface area (Å²) in [7, 11) is 1.62. The van der Waals surface area contributed by atoms with Gasteiger partial charge in [-0.2, -0.15) is 0 Å². The predicted molar refractivity (Wildman–Crippen MR) is 118 cm³/mol. The normalized spacial score (nSPS) is 19.2. The summed E-state index contributed by atoms with van der Waals surface area (Å²) in [5, 5.41) is 12.5. The first-order valence-electron chi connectivity index (χ1n) is 10.3. The van der Waals surface area contributed by atoms with Gasteiger partial charge in [-0.3, -0.25) is 9.59 Å². The molecule has 2 amide bonds. The molecular weight excluding hydrogens is 400 g/mol. The minimum Gasteiger partial charge on any atom is -0.497 e. The fourth-order valence-electron chi connectivity index (χ4n) is 3.61. The maximum absolute atomic E-state index is 13.2. The smallest absolute Gasteiger partial charge is 0.232 e. The average molecular weight is 431 g/mol. The van der Waals surface area contributed by atoms with Crippen LogP contribution >= 0.6 is 11.3 Å². The number of amides is 2. The third kappa shape index (κ3) is 4.80. The largest absolute Gasteiger partial charge is 0.497 e. The van der Waals surface area contributed by atoms with E-state index in [4.69, 9.17) is 4.74 Å². The molecule has 30 heavy (non-hydrogen) atoms. The monoisotopic (exact) mass is 430 g/mol. The van der Waals surface area contributed by atoms with Crippen molar-refractivity contribution < 1.29 is 14.3 Å². The van der Waals surface area contributed by atoms with Gasteiger partial charge in [0.15, 0.2) is 0 Å². The Morgan fingerprint density at radius 2 is 1.97 bits per heavy atom. The highest BCUT2D eigenvalue weighted by molar-refractivity contribution is 7.15. The first-order valence-corrected chi connectivity index (χ1v) is 11.1. The SMILES string of the molecule is CCCCN1C(=O)CC(C(=O)Nc2nnc(C(C)(C)C)s2)C1c1ccc(OC)cc1. The van der Waals surface area contributed by atoms with Gasteiger partial charge in [-0.25, -0.2) is 0 Å². The molecule has 0 bridgehead atoms. The summed E-state index contributed by atoms with van der Waals surface area (Å²) < 4.78 is 5.25. The van der Waals surface area contributed by atoms with E-state index < -0.39 is 5.92 Å². The van der Waals surface area contributed by atoms with E-state index in [9.17, 15) is 9.59 Å². The van der Waals surface area contributed by atoms with Crippen molar-refractivity contribution in [3.63, 3.8) is 0 Å². The summed E-state index contributed by atoms with van der Waals surface area (Å²) in [5.74, 6) is 0.0781. The van der Waals surface area contributed by atoms with Crippen LogP contribution < -0.4 is 10.1 Å². The Balaban J connectivity index is 1.85. The highest BCUT2D eigenvalue weighted by Crippen LogP contribution is 2.40. The van der Waals surface area contributed by atoms with E-state index in [0.717, 1.165) is 29.2 Å². The summed E-state index contributed by atoms with van der Waals surface area (Å²) in [6.07, 6.45) is 2.07. The Kier molecular flexibility index (Phi) is 6.75. The van der Waals surface area contributed by atoms with Crippen LogP contribution in [-0.2, 0) is 15.0 Å². The third-order valence-electron chi connectivity index (χ3n) is 5.28. The van der Waals surface area contributed by atoms with Crippen LogP contribution in [0.2, 0.25) is 0 Å². The first-order chi connectivity index (χ1) is 14.2. The molecule has 0 aliphatic carbocycles. The lowest BCUT2D eigenvalue weighted by molar-refractivity contribution is -0.129. The highest BCUT2D eigenvalue weighted by Gasteiger charge is 2.44. The summed E-state index contributed by atoms with van der Waals surface area (Å²) in [6, 6.07) is 7.30. The van der Waals surface area contributed by atoms with Crippen LogP contribution in [0.4, 0.5) is 5.13 Å². The summed E-state index contributed by atoms with van der Waals surface area (Å²) in [5.41, 5.74) is 0.803. The number of rotatable bonds is 7. The van der Waals surface area contributed by atoms with Crippen LogP contribution in [0, 0.1) is 5.92 Å². The van der Waals surface area contributed by atoms with Crippen molar-refractivity contribution in [3.8, 4) is 5.75 Å². The number of benzene rings is 1. The van der Waals surface area contributed by atoms with Crippen molar-refractivity contribution >= 4 is 28.3 Å². The van der Waals surface area contributed by atoms with Crippen molar-refractivity contribution in [2.24, 2.45) is 5.92 Å². The molecule has 1 aromatic heterocycles. The molecule has 2 atom stereocenters. The highest BCUT2D eigenvalue weighted by atomic mass is 32.1. The van der Waals surface area contributed by atoms with Crippen LogP contribution in [0.5, 0.6) is 5.75 Å². The topological polar surface area (TPSA) is 84.4 Å². The van der Waals surface area contributed by atoms with Crippen molar-refractivity contribution in [2.45, 2.75) is 58.4 Å². The molecule has 1 aliphatic rings. The van der Waals surface area contributed by atoms with Crippen molar-refractivity contribution in [1.82, 2.24) is 15.1 Å². The van der Waals surface area contributed by atoms with Crippen molar-refractivity contribution in [2.75, 3.05) is 19.0 Å². The molecule has 2 heterocycles. The Bertz CT molecular complexity index is 889. The van der Waals surface area contributed by atoms with Gasteiger partial charge in [0.2, 0.25) is 16.9 Å². The zero-order valence-corrected chi connectivity index (χ0v) is 19.1. The summed E-state index contributed by atoms with van der Waals surface area (Å²) in [6.45, 7) is 8.90. The summed E-state index contributed by atoms with van der Waals surface area (Å²) in [4.78, 5) is 27.8.